The fourth-order valence-electron chi connectivity index (χ4n) is 5.22. The molecule has 174 valence electrons. The first-order chi connectivity index (χ1) is 16.2. The average Bonchev–Trinajstić information content (AvgIpc) is 3.32. The van der Waals surface area contributed by atoms with Crippen molar-refractivity contribution >= 4 is 16.7 Å². The fourth-order valence-corrected chi connectivity index (χ4v) is 5.22. The van der Waals surface area contributed by atoms with E-state index in [-0.39, 0.29) is 0 Å². The van der Waals surface area contributed by atoms with E-state index in [9.17, 15) is 5.11 Å². The highest BCUT2D eigenvalue weighted by Gasteiger charge is 2.37. The van der Waals surface area contributed by atoms with Crippen molar-refractivity contribution in [2.45, 2.75) is 18.4 Å². The van der Waals surface area contributed by atoms with E-state index < -0.39 is 5.60 Å². The second kappa shape index (κ2) is 8.68. The zero-order valence-electron chi connectivity index (χ0n) is 18.8. The highest BCUT2D eigenvalue weighted by molar-refractivity contribution is 5.92. The molecule has 6 rings (SSSR count). The summed E-state index contributed by atoms with van der Waals surface area (Å²) in [5.74, 6) is 0.724. The molecule has 0 aliphatic carbocycles. The number of benzene rings is 2. The molecule has 1 N–H and O–H groups in total. The first-order valence-corrected chi connectivity index (χ1v) is 11.9. The summed E-state index contributed by atoms with van der Waals surface area (Å²) >= 11 is 0. The molecule has 0 saturated carbocycles. The first kappa shape index (κ1) is 21.0. The maximum Gasteiger partial charge on any atom is 0.158 e. The molecule has 3 aliphatic rings. The van der Waals surface area contributed by atoms with E-state index in [1.54, 1.807) is 0 Å². The highest BCUT2D eigenvalue weighted by atomic mass is 16.6. The lowest BCUT2D eigenvalue weighted by Crippen LogP contribution is -2.46. The molecule has 0 spiro atoms. The molecule has 0 radical (unpaired) electrons. The van der Waals surface area contributed by atoms with Gasteiger partial charge in [-0.3, -0.25) is 4.90 Å². The number of hydrogen-bond acceptors (Lipinski definition) is 8. The van der Waals surface area contributed by atoms with Crippen molar-refractivity contribution < 1.29 is 19.2 Å². The molecular weight excluding hydrogens is 420 g/mol. The molecule has 0 bridgehead atoms. The average molecular weight is 451 g/mol. The summed E-state index contributed by atoms with van der Waals surface area (Å²) in [7, 11) is 0. The minimum absolute atomic E-state index is 0.356. The third kappa shape index (κ3) is 4.12. The van der Waals surface area contributed by atoms with Crippen molar-refractivity contribution in [3.05, 3.63) is 42.0 Å². The quantitative estimate of drug-likeness (QED) is 0.635. The first-order valence-electron chi connectivity index (χ1n) is 11.9. The Morgan fingerprint density at radius 3 is 2.36 bits per heavy atom. The molecule has 0 unspecified atom stereocenters. The molecule has 8 heteroatoms. The molecule has 3 aliphatic heterocycles. The van der Waals surface area contributed by atoms with E-state index in [0.717, 1.165) is 78.7 Å². The number of fused-ring (bicyclic) bond motifs is 1. The van der Waals surface area contributed by atoms with Gasteiger partial charge in [-0.25, -0.2) is 4.63 Å². The van der Waals surface area contributed by atoms with Crippen LogP contribution in [0.4, 0.5) is 5.69 Å². The maximum atomic E-state index is 10.5. The number of nitrogens with zero attached hydrogens (tertiary/aromatic N) is 4. The van der Waals surface area contributed by atoms with Gasteiger partial charge >= 0.3 is 0 Å². The van der Waals surface area contributed by atoms with Crippen LogP contribution < -0.4 is 4.90 Å². The van der Waals surface area contributed by atoms with Gasteiger partial charge in [-0.15, -0.1) is 0 Å². The smallest absolute Gasteiger partial charge is 0.158 e. The Labute approximate surface area is 193 Å². The summed E-state index contributed by atoms with van der Waals surface area (Å²) in [5, 5.41) is 18.9. The zero-order valence-corrected chi connectivity index (χ0v) is 18.8. The highest BCUT2D eigenvalue weighted by Crippen LogP contribution is 2.35. The van der Waals surface area contributed by atoms with Crippen molar-refractivity contribution in [3.8, 4) is 11.1 Å². The van der Waals surface area contributed by atoms with Gasteiger partial charge in [-0.05, 0) is 57.9 Å². The van der Waals surface area contributed by atoms with Gasteiger partial charge in [0.15, 0.2) is 5.52 Å². The van der Waals surface area contributed by atoms with E-state index in [1.165, 1.54) is 19.4 Å². The van der Waals surface area contributed by atoms with Gasteiger partial charge in [0.2, 0.25) is 0 Å². The predicted molar refractivity (Wildman–Crippen MR) is 124 cm³/mol. The van der Waals surface area contributed by atoms with Gasteiger partial charge in [-0.2, -0.15) is 0 Å². The van der Waals surface area contributed by atoms with Crippen LogP contribution in [0.1, 0.15) is 18.4 Å². The van der Waals surface area contributed by atoms with Crippen LogP contribution in [0.25, 0.3) is 22.2 Å². The molecule has 8 nitrogen and oxygen atoms in total. The molecule has 1 aromatic heterocycles. The normalized spacial score (nSPS) is 21.9. The summed E-state index contributed by atoms with van der Waals surface area (Å²) in [6.45, 7) is 7.71. The van der Waals surface area contributed by atoms with Crippen LogP contribution in [0.5, 0.6) is 0 Å². The Bertz CT molecular complexity index is 1100. The van der Waals surface area contributed by atoms with Gasteiger partial charge in [0.1, 0.15) is 11.1 Å². The van der Waals surface area contributed by atoms with E-state index >= 15 is 0 Å². The maximum absolute atomic E-state index is 10.5. The summed E-state index contributed by atoms with van der Waals surface area (Å²) in [6, 6.07) is 12.3. The summed E-state index contributed by atoms with van der Waals surface area (Å²) < 4.78 is 15.8. The van der Waals surface area contributed by atoms with Crippen LogP contribution in [0, 0.1) is 5.92 Å². The Morgan fingerprint density at radius 1 is 0.909 bits per heavy atom. The SMILES string of the molecule is OC1(c2ccc(-c3cc(N4CCC(CN5CCOCC5)CC4)c4nonc4c3)cc2)COC1. The topological polar surface area (TPSA) is 84.1 Å². The van der Waals surface area contributed by atoms with Crippen LogP contribution in [0.15, 0.2) is 41.0 Å². The number of hydrogen-bond donors (Lipinski definition) is 1. The molecule has 2 aromatic carbocycles. The molecule has 4 heterocycles. The van der Waals surface area contributed by atoms with Crippen molar-refractivity contribution in [2.75, 3.05) is 64.1 Å². The Morgan fingerprint density at radius 2 is 1.67 bits per heavy atom. The molecule has 3 aromatic rings. The Kier molecular flexibility index (Phi) is 5.54. The van der Waals surface area contributed by atoms with Crippen LogP contribution in [0.3, 0.4) is 0 Å². The third-order valence-electron chi connectivity index (χ3n) is 7.35. The fraction of sp³-hybridized carbons (Fsp3) is 0.520. The largest absolute Gasteiger partial charge is 0.380 e. The summed E-state index contributed by atoms with van der Waals surface area (Å²) in [5.41, 5.74) is 4.88. The van der Waals surface area contributed by atoms with Crippen molar-refractivity contribution in [3.63, 3.8) is 0 Å². The van der Waals surface area contributed by atoms with Crippen molar-refractivity contribution in [1.29, 1.82) is 0 Å². The lowest BCUT2D eigenvalue weighted by molar-refractivity contribution is -0.184. The third-order valence-corrected chi connectivity index (χ3v) is 7.35. The van der Waals surface area contributed by atoms with Crippen LogP contribution >= 0.6 is 0 Å². The minimum atomic E-state index is -0.852. The second-order valence-corrected chi connectivity index (χ2v) is 9.57. The number of anilines is 1. The zero-order chi connectivity index (χ0) is 22.3. The monoisotopic (exact) mass is 450 g/mol. The summed E-state index contributed by atoms with van der Waals surface area (Å²) in [6.07, 6.45) is 2.34. The number of piperidine rings is 1. The number of rotatable bonds is 5. The van der Waals surface area contributed by atoms with E-state index in [0.29, 0.717) is 13.2 Å². The number of aromatic nitrogens is 2. The number of ether oxygens (including phenoxy) is 2. The van der Waals surface area contributed by atoms with E-state index in [2.05, 4.69) is 38.3 Å². The molecule has 33 heavy (non-hydrogen) atoms. The lowest BCUT2D eigenvalue weighted by atomic mass is 9.90. The Balaban J connectivity index is 1.21. The number of aliphatic hydroxyl groups is 1. The summed E-state index contributed by atoms with van der Waals surface area (Å²) in [4.78, 5) is 4.97. The van der Waals surface area contributed by atoms with Gasteiger partial charge in [0.25, 0.3) is 0 Å². The van der Waals surface area contributed by atoms with Gasteiger partial charge in [0.05, 0.1) is 32.1 Å². The van der Waals surface area contributed by atoms with E-state index in [4.69, 9.17) is 14.1 Å². The van der Waals surface area contributed by atoms with Crippen molar-refractivity contribution in [2.24, 2.45) is 5.92 Å². The lowest BCUT2D eigenvalue weighted by Gasteiger charge is -2.37. The van der Waals surface area contributed by atoms with Crippen LogP contribution in [-0.4, -0.2) is 79.5 Å². The molecule has 3 saturated heterocycles. The molecule has 3 fully saturated rings. The minimum Gasteiger partial charge on any atom is -0.380 e. The van der Waals surface area contributed by atoms with Gasteiger partial charge in [-0.1, -0.05) is 24.3 Å². The predicted octanol–water partition coefficient (Wildman–Crippen LogP) is 2.66. The standard InChI is InChI=1S/C25H30N4O4/c30-25(16-32-17-25)21-3-1-19(2-4-21)20-13-22-24(27-33-26-22)23(14-20)29-7-5-18(6-8-29)15-28-9-11-31-12-10-28/h1-4,13-14,18,30H,5-12,15-17H2. The molecule has 0 atom stereocenters. The van der Waals surface area contributed by atoms with Crippen molar-refractivity contribution in [1.82, 2.24) is 15.2 Å². The number of morpholine rings is 1. The van der Waals surface area contributed by atoms with Crippen LogP contribution in [-0.2, 0) is 15.1 Å². The van der Waals surface area contributed by atoms with Gasteiger partial charge < -0.3 is 19.5 Å². The Hall–Kier alpha value is -2.52. The molecule has 0 amide bonds. The second-order valence-electron chi connectivity index (χ2n) is 9.57. The van der Waals surface area contributed by atoms with Gasteiger partial charge in [0, 0.05) is 32.7 Å². The molecular formula is C25H30N4O4. The van der Waals surface area contributed by atoms with E-state index in [1.807, 2.05) is 18.2 Å². The van der Waals surface area contributed by atoms with Crippen LogP contribution in [0.2, 0.25) is 0 Å².